The van der Waals surface area contributed by atoms with Crippen molar-refractivity contribution in [3.63, 3.8) is 0 Å². The first kappa shape index (κ1) is 25.9. The fraction of sp³-hybridized carbons (Fsp3) is 0.160. The minimum Gasteiger partial charge on any atom is -0.693 e. The molecule has 33 heavy (non-hydrogen) atoms. The number of nitrogens with one attached hydrogen (secondary N) is 2. The van der Waals surface area contributed by atoms with Gasteiger partial charge in [0.15, 0.2) is 0 Å². The molecule has 3 aromatic rings. The smallest absolute Gasteiger partial charge is 0.693 e. The molecule has 5 rings (SSSR count). The molecule has 8 heteroatoms. The maximum Gasteiger partial charge on any atom is 2.00 e. The third-order valence-corrected chi connectivity index (χ3v) is 4.39. The minimum absolute atomic E-state index is 0. The molecule has 0 radical (unpaired) electrons. The monoisotopic (exact) mass is 491 g/mol. The molecule has 0 spiro atoms. The molecule has 0 atom stereocenters. The van der Waals surface area contributed by atoms with Crippen LogP contribution in [0.5, 0.6) is 0 Å². The molecule has 2 aliphatic heterocycles. The molecule has 4 N–H and O–H groups in total. The predicted octanol–water partition coefficient (Wildman–Crippen LogP) is 6.24. The number of aromatic amines is 2. The van der Waals surface area contributed by atoms with Crippen LogP contribution in [0, 0.1) is 0 Å². The number of nitrogens with zero attached hydrogens (tertiary/aromatic N) is 2. The number of aromatic nitrogens is 4. The SMILES string of the molecule is C1=Cc2cc3ccc(cc4ccc(cc5nc(cc1n2)C=C5)[nH]4)[nH]3.CC(C)(C)O[C-]=O.[NH2-].[Zn+2]. The Morgan fingerprint density at radius 2 is 1.06 bits per heavy atom. The quantitative estimate of drug-likeness (QED) is 0.213. The number of carbonyl (C=O) groups excluding carboxylic acids is 1. The van der Waals surface area contributed by atoms with E-state index in [0.29, 0.717) is 0 Å². The van der Waals surface area contributed by atoms with Crippen molar-refractivity contribution in [2.24, 2.45) is 0 Å². The van der Waals surface area contributed by atoms with Crippen LogP contribution in [0.25, 0.3) is 52.5 Å². The summed E-state index contributed by atoms with van der Waals surface area (Å²) in [5.74, 6) is 0. The fourth-order valence-electron chi connectivity index (χ4n) is 3.07. The maximum atomic E-state index is 9.47. The van der Waals surface area contributed by atoms with E-state index in [-0.39, 0.29) is 31.2 Å². The van der Waals surface area contributed by atoms with Crippen LogP contribution in [0.15, 0.2) is 48.5 Å². The molecule has 5 heterocycles. The van der Waals surface area contributed by atoms with Crippen LogP contribution in [0.4, 0.5) is 0 Å². The van der Waals surface area contributed by atoms with Gasteiger partial charge in [0.25, 0.3) is 0 Å². The molecule has 7 nitrogen and oxygen atoms in total. The first-order valence-corrected chi connectivity index (χ1v) is 9.96. The molecule has 164 valence electrons. The Kier molecular flexibility index (Phi) is 8.63. The van der Waals surface area contributed by atoms with Crippen LogP contribution in [0.1, 0.15) is 43.5 Å². The van der Waals surface area contributed by atoms with E-state index in [4.69, 9.17) is 0 Å². The van der Waals surface area contributed by atoms with Gasteiger partial charge in [0.2, 0.25) is 0 Å². The number of ether oxygens (including phenoxy) is 1. The number of hydrogen-bond acceptors (Lipinski definition) is 4. The van der Waals surface area contributed by atoms with Crippen molar-refractivity contribution in [2.45, 2.75) is 26.4 Å². The van der Waals surface area contributed by atoms with Gasteiger partial charge in [-0.15, -0.1) is 0 Å². The molecule has 0 saturated carbocycles. The summed E-state index contributed by atoms with van der Waals surface area (Å²) >= 11 is 0. The third-order valence-electron chi connectivity index (χ3n) is 4.39. The van der Waals surface area contributed by atoms with E-state index in [2.05, 4.69) is 55.0 Å². The average molecular weight is 493 g/mol. The number of H-pyrrole nitrogens is 2. The number of hydrogen-bond donors (Lipinski definition) is 2. The van der Waals surface area contributed by atoms with Crippen LogP contribution in [0.3, 0.4) is 0 Å². The van der Waals surface area contributed by atoms with E-state index in [9.17, 15) is 4.79 Å². The topological polar surface area (TPSA) is 117 Å². The zero-order valence-electron chi connectivity index (χ0n) is 18.9. The van der Waals surface area contributed by atoms with Gasteiger partial charge in [0.1, 0.15) is 0 Å². The largest absolute Gasteiger partial charge is 2.00 e. The van der Waals surface area contributed by atoms with Crippen LogP contribution in [-0.2, 0) is 29.0 Å². The van der Waals surface area contributed by atoms with Gasteiger partial charge in [0.05, 0.1) is 28.4 Å². The molecule has 0 aliphatic carbocycles. The van der Waals surface area contributed by atoms with Crippen LogP contribution >= 0.6 is 0 Å². The average Bonchev–Trinajstić information content (AvgIpc) is 3.47. The Morgan fingerprint density at radius 1 is 0.697 bits per heavy atom. The maximum absolute atomic E-state index is 9.47. The summed E-state index contributed by atoms with van der Waals surface area (Å²) in [6.07, 6.45) is 8.05. The van der Waals surface area contributed by atoms with Crippen molar-refractivity contribution in [3.05, 3.63) is 77.5 Å². The van der Waals surface area contributed by atoms with E-state index in [1.807, 2.05) is 42.5 Å². The first-order valence-electron chi connectivity index (χ1n) is 9.96. The summed E-state index contributed by atoms with van der Waals surface area (Å²) in [4.78, 5) is 25.5. The van der Waals surface area contributed by atoms with Gasteiger partial charge in [-0.1, -0.05) is 6.47 Å². The Hall–Kier alpha value is -3.35. The van der Waals surface area contributed by atoms with E-state index in [1.54, 1.807) is 20.8 Å². The van der Waals surface area contributed by atoms with Gasteiger partial charge in [-0.25, -0.2) is 9.97 Å². The number of rotatable bonds is 1. The van der Waals surface area contributed by atoms with Crippen LogP contribution in [-0.4, -0.2) is 32.0 Å². The number of nitrogens with two attached hydrogens (primary N) is 1. The summed E-state index contributed by atoms with van der Waals surface area (Å²) in [5.41, 5.74) is 7.49. The normalized spacial score (nSPS) is 11.5. The second-order valence-electron chi connectivity index (χ2n) is 8.20. The molecule has 2 aliphatic rings. The van der Waals surface area contributed by atoms with Crippen molar-refractivity contribution in [1.29, 1.82) is 0 Å². The summed E-state index contributed by atoms with van der Waals surface area (Å²) < 4.78 is 4.42. The summed E-state index contributed by atoms with van der Waals surface area (Å²) in [6.45, 7) is 6.73. The van der Waals surface area contributed by atoms with Crippen LogP contribution < -0.4 is 0 Å². The van der Waals surface area contributed by atoms with Gasteiger partial charge in [-0.05, 0) is 93.6 Å². The van der Waals surface area contributed by atoms with Gasteiger partial charge in [-0.2, -0.15) is 0 Å². The Balaban J connectivity index is 0.000000379. The summed E-state index contributed by atoms with van der Waals surface area (Å²) in [7, 11) is 0. The Morgan fingerprint density at radius 3 is 1.39 bits per heavy atom. The van der Waals surface area contributed by atoms with Gasteiger partial charge >= 0.3 is 19.5 Å². The molecule has 3 aromatic heterocycles. The van der Waals surface area contributed by atoms with Crippen molar-refractivity contribution in [1.82, 2.24) is 19.9 Å². The molecule has 0 amide bonds. The molecule has 0 saturated heterocycles. The van der Waals surface area contributed by atoms with Gasteiger partial charge < -0.3 is 25.6 Å². The molecule has 0 aromatic carbocycles. The molecule has 0 fully saturated rings. The third kappa shape index (κ3) is 7.34. The van der Waals surface area contributed by atoms with E-state index in [0.717, 1.165) is 44.8 Å². The van der Waals surface area contributed by atoms with Crippen molar-refractivity contribution in [2.75, 3.05) is 0 Å². The second kappa shape index (κ2) is 11.0. The fourth-order valence-corrected chi connectivity index (χ4v) is 3.07. The van der Waals surface area contributed by atoms with Crippen molar-refractivity contribution >= 4 is 52.8 Å². The molecular weight excluding hydrogens is 468 g/mol. The standard InChI is InChI=1S/C20H14N4.C5H9O2.H2N.Zn/c1-2-14-10-16-5-6-18(23-16)12-20-8-7-19(24-20)11-17-4-3-15(22-17)9-13(1)21-14;1-5(2,3)7-4-6;;/h1-12,21-22H;1-3H3;1H2;/q;2*-1;+2. The number of fused-ring (bicyclic) bond motifs is 8. The molecule has 0 unspecified atom stereocenters. The van der Waals surface area contributed by atoms with Gasteiger partial charge in [0, 0.05) is 22.1 Å². The summed E-state index contributed by atoms with van der Waals surface area (Å²) in [5, 5.41) is 0. The van der Waals surface area contributed by atoms with E-state index < -0.39 is 0 Å². The van der Waals surface area contributed by atoms with Crippen molar-refractivity contribution < 1.29 is 29.0 Å². The Bertz CT molecular complexity index is 1240. The second-order valence-corrected chi connectivity index (χ2v) is 8.20. The van der Waals surface area contributed by atoms with Gasteiger partial charge in [-0.3, -0.25) is 0 Å². The van der Waals surface area contributed by atoms with Crippen molar-refractivity contribution in [3.8, 4) is 0 Å². The predicted molar refractivity (Wildman–Crippen MR) is 131 cm³/mol. The zero-order chi connectivity index (χ0) is 21.8. The summed E-state index contributed by atoms with van der Waals surface area (Å²) in [6, 6.07) is 16.4. The Labute approximate surface area is 205 Å². The molecule has 8 bridgehead atoms. The molecular formula is C25H25N5O2Zn. The van der Waals surface area contributed by atoms with E-state index in [1.165, 1.54) is 6.47 Å². The zero-order valence-corrected chi connectivity index (χ0v) is 21.9. The first-order chi connectivity index (χ1) is 14.9. The minimum atomic E-state index is -0.373. The van der Waals surface area contributed by atoms with E-state index >= 15 is 0 Å². The van der Waals surface area contributed by atoms with Crippen LogP contribution in [0.2, 0.25) is 0 Å².